The number of fused-ring (bicyclic) bond motifs is 8. The monoisotopic (exact) mass is 351 g/mol. The molecular formula is C19H21N5O2. The van der Waals surface area contributed by atoms with E-state index in [1.807, 2.05) is 0 Å². The number of nitrogens with one attached hydrogen (secondary N) is 2. The molecule has 7 heteroatoms. The number of aryl methyl sites for hydroxylation is 2. The summed E-state index contributed by atoms with van der Waals surface area (Å²) in [5.41, 5.74) is 4.04. The van der Waals surface area contributed by atoms with Crippen LogP contribution >= 0.6 is 0 Å². The van der Waals surface area contributed by atoms with E-state index in [-0.39, 0.29) is 11.6 Å². The Kier molecular flexibility index (Phi) is 3.00. The molecule has 1 aliphatic carbocycles. The molecule has 3 aromatic rings. The van der Waals surface area contributed by atoms with E-state index >= 15 is 0 Å². The zero-order chi connectivity index (χ0) is 17.3. The fourth-order valence-corrected chi connectivity index (χ4v) is 5.05. The minimum atomic E-state index is -0.161. The fraction of sp³-hybridized carbons (Fsp3) is 0.526. The van der Waals surface area contributed by atoms with E-state index in [2.05, 4.69) is 20.1 Å². The molecule has 3 saturated heterocycles. The highest BCUT2D eigenvalue weighted by molar-refractivity contribution is 5.85. The lowest BCUT2D eigenvalue weighted by atomic mass is 9.83. The lowest BCUT2D eigenvalue weighted by molar-refractivity contribution is 0.0445. The summed E-state index contributed by atoms with van der Waals surface area (Å²) in [5, 5.41) is 7.21. The Morgan fingerprint density at radius 2 is 2.12 bits per heavy atom. The van der Waals surface area contributed by atoms with Gasteiger partial charge in [-0.15, -0.1) is 0 Å². The molecule has 2 N–H and O–H groups in total. The van der Waals surface area contributed by atoms with Gasteiger partial charge in [0, 0.05) is 11.3 Å². The van der Waals surface area contributed by atoms with Crippen molar-refractivity contribution in [1.82, 2.24) is 25.1 Å². The van der Waals surface area contributed by atoms with E-state index < -0.39 is 0 Å². The molecule has 0 radical (unpaired) electrons. The van der Waals surface area contributed by atoms with Crippen LogP contribution in [0.3, 0.4) is 0 Å². The molecule has 1 atom stereocenters. The van der Waals surface area contributed by atoms with Crippen molar-refractivity contribution in [2.75, 3.05) is 13.1 Å². The number of H-pyrrole nitrogens is 2. The summed E-state index contributed by atoms with van der Waals surface area (Å²) in [4.78, 5) is 23.2. The van der Waals surface area contributed by atoms with Gasteiger partial charge in [0.15, 0.2) is 0 Å². The van der Waals surface area contributed by atoms with Gasteiger partial charge in [-0.3, -0.25) is 14.8 Å². The van der Waals surface area contributed by atoms with Gasteiger partial charge in [-0.25, -0.2) is 4.98 Å². The fourth-order valence-electron chi connectivity index (χ4n) is 5.05. The van der Waals surface area contributed by atoms with Crippen molar-refractivity contribution in [3.8, 4) is 11.3 Å². The first kappa shape index (κ1) is 14.7. The standard InChI is InChI=1S/C19H21N5O2/c25-19-17-15(11-2-1-3-13-12(9-20-23-13)16(11)26-17)21-18(22-19)14-8-10-4-6-24(14)7-5-10/h9-10,14H,1-8H2,(H,20,23)(H,21,22,25)/t14-/m0/s1. The molecular weight excluding hydrogens is 330 g/mol. The molecule has 4 aliphatic rings. The minimum Gasteiger partial charge on any atom is -0.448 e. The van der Waals surface area contributed by atoms with Crippen molar-refractivity contribution in [2.24, 2.45) is 5.92 Å². The molecule has 6 heterocycles. The third-order valence-corrected chi connectivity index (χ3v) is 6.44. The van der Waals surface area contributed by atoms with Crippen molar-refractivity contribution < 1.29 is 4.42 Å². The molecule has 0 spiro atoms. The van der Waals surface area contributed by atoms with E-state index in [0.29, 0.717) is 5.58 Å². The first-order valence-electron chi connectivity index (χ1n) is 9.60. The van der Waals surface area contributed by atoms with Crippen LogP contribution in [0.4, 0.5) is 0 Å². The van der Waals surface area contributed by atoms with Crippen LogP contribution < -0.4 is 5.56 Å². The van der Waals surface area contributed by atoms with Gasteiger partial charge in [-0.2, -0.15) is 5.10 Å². The van der Waals surface area contributed by atoms with Crippen LogP contribution in [0.25, 0.3) is 22.4 Å². The van der Waals surface area contributed by atoms with Gasteiger partial charge in [0.1, 0.15) is 17.1 Å². The predicted octanol–water partition coefficient (Wildman–Crippen LogP) is 2.55. The molecule has 2 bridgehead atoms. The predicted molar refractivity (Wildman–Crippen MR) is 95.9 cm³/mol. The van der Waals surface area contributed by atoms with Crippen LogP contribution in [-0.2, 0) is 12.8 Å². The number of aromatic nitrogens is 4. The average molecular weight is 351 g/mol. The molecule has 0 aromatic carbocycles. The summed E-state index contributed by atoms with van der Waals surface area (Å²) in [6.07, 6.45) is 8.25. The topological polar surface area (TPSA) is 90.8 Å². The Balaban J connectivity index is 1.54. The summed E-state index contributed by atoms with van der Waals surface area (Å²) in [6, 6.07) is 0.236. The van der Waals surface area contributed by atoms with Crippen molar-refractivity contribution >= 4 is 11.1 Å². The van der Waals surface area contributed by atoms with Crippen LogP contribution in [0.1, 0.15) is 48.8 Å². The quantitative estimate of drug-likeness (QED) is 0.703. The summed E-state index contributed by atoms with van der Waals surface area (Å²) in [5.74, 6) is 2.34. The Morgan fingerprint density at radius 1 is 1.23 bits per heavy atom. The Hall–Kier alpha value is -2.41. The summed E-state index contributed by atoms with van der Waals surface area (Å²) >= 11 is 0. The highest BCUT2D eigenvalue weighted by Gasteiger charge is 2.36. The van der Waals surface area contributed by atoms with E-state index in [9.17, 15) is 4.79 Å². The van der Waals surface area contributed by atoms with Gasteiger partial charge in [0.25, 0.3) is 5.56 Å². The molecule has 26 heavy (non-hydrogen) atoms. The first-order chi connectivity index (χ1) is 12.8. The second-order valence-corrected chi connectivity index (χ2v) is 7.89. The van der Waals surface area contributed by atoms with Gasteiger partial charge in [-0.05, 0) is 57.5 Å². The number of nitrogens with zero attached hydrogens (tertiary/aromatic N) is 3. The van der Waals surface area contributed by atoms with Gasteiger partial charge < -0.3 is 9.40 Å². The third kappa shape index (κ3) is 2.00. The van der Waals surface area contributed by atoms with E-state index in [1.54, 1.807) is 6.20 Å². The van der Waals surface area contributed by atoms with Gasteiger partial charge in [0.2, 0.25) is 5.58 Å². The highest BCUT2D eigenvalue weighted by atomic mass is 16.3. The summed E-state index contributed by atoms with van der Waals surface area (Å²) < 4.78 is 6.01. The lowest BCUT2D eigenvalue weighted by Crippen LogP contribution is -2.44. The molecule has 7 rings (SSSR count). The zero-order valence-electron chi connectivity index (χ0n) is 14.5. The van der Waals surface area contributed by atoms with Crippen LogP contribution in [0.2, 0.25) is 0 Å². The minimum absolute atomic E-state index is 0.161. The molecule has 0 saturated carbocycles. The maximum Gasteiger partial charge on any atom is 0.294 e. The van der Waals surface area contributed by atoms with Crippen LogP contribution in [-0.4, -0.2) is 38.2 Å². The second kappa shape index (κ2) is 5.30. The number of piperidine rings is 3. The van der Waals surface area contributed by atoms with Gasteiger partial charge in [-0.1, -0.05) is 0 Å². The molecule has 134 valence electrons. The SMILES string of the molecule is O=c1[nH]c([C@@H]2CC3CCN2CC3)nc2c3c(oc12)-c1cn[nH]c1CCC3. The number of rotatable bonds is 1. The van der Waals surface area contributed by atoms with Gasteiger partial charge in [0.05, 0.1) is 17.8 Å². The average Bonchev–Trinajstić information content (AvgIpc) is 3.24. The Morgan fingerprint density at radius 3 is 2.92 bits per heavy atom. The molecule has 3 aromatic heterocycles. The maximum atomic E-state index is 12.8. The molecule has 0 unspecified atom stereocenters. The lowest BCUT2D eigenvalue weighted by Gasteiger charge is -2.44. The zero-order valence-corrected chi connectivity index (χ0v) is 14.5. The highest BCUT2D eigenvalue weighted by Crippen LogP contribution is 2.40. The van der Waals surface area contributed by atoms with Crippen molar-refractivity contribution in [3.63, 3.8) is 0 Å². The number of aromatic amines is 2. The smallest absolute Gasteiger partial charge is 0.294 e. The number of hydrogen-bond donors (Lipinski definition) is 2. The van der Waals surface area contributed by atoms with E-state index in [0.717, 1.165) is 78.6 Å². The van der Waals surface area contributed by atoms with Gasteiger partial charge >= 0.3 is 0 Å². The third-order valence-electron chi connectivity index (χ3n) is 6.44. The largest absolute Gasteiger partial charge is 0.448 e. The number of hydrogen-bond acceptors (Lipinski definition) is 5. The molecule has 3 aliphatic heterocycles. The second-order valence-electron chi connectivity index (χ2n) is 7.89. The van der Waals surface area contributed by atoms with E-state index in [4.69, 9.17) is 9.40 Å². The number of furan rings is 1. The van der Waals surface area contributed by atoms with E-state index in [1.165, 1.54) is 12.8 Å². The summed E-state index contributed by atoms with van der Waals surface area (Å²) in [6.45, 7) is 2.22. The van der Waals surface area contributed by atoms with Crippen LogP contribution in [0.15, 0.2) is 15.4 Å². The Labute approximate surface area is 149 Å². The normalized spacial score (nSPS) is 27.3. The Bertz CT molecular complexity index is 1050. The van der Waals surface area contributed by atoms with Crippen molar-refractivity contribution in [2.45, 2.75) is 44.6 Å². The molecule has 7 nitrogen and oxygen atoms in total. The molecule has 3 fully saturated rings. The van der Waals surface area contributed by atoms with Crippen molar-refractivity contribution in [1.29, 1.82) is 0 Å². The van der Waals surface area contributed by atoms with Crippen LogP contribution in [0, 0.1) is 5.92 Å². The van der Waals surface area contributed by atoms with Crippen LogP contribution in [0.5, 0.6) is 0 Å². The first-order valence-corrected chi connectivity index (χ1v) is 9.60. The summed E-state index contributed by atoms with van der Waals surface area (Å²) in [7, 11) is 0. The van der Waals surface area contributed by atoms with Crippen molar-refractivity contribution in [3.05, 3.63) is 33.6 Å². The molecule has 0 amide bonds. The maximum absolute atomic E-state index is 12.8.